The van der Waals surface area contributed by atoms with Crippen LogP contribution in [0.25, 0.3) is 10.9 Å². The first-order valence-corrected chi connectivity index (χ1v) is 7.12. The lowest BCUT2D eigenvalue weighted by Gasteiger charge is -2.15. The number of unbranched alkanes of at least 4 members (excludes halogenated alkanes) is 1. The van der Waals surface area contributed by atoms with E-state index in [4.69, 9.17) is 0 Å². The Balaban J connectivity index is 2.18. The molecule has 5 heteroatoms. The van der Waals surface area contributed by atoms with Crippen molar-refractivity contribution in [3.05, 3.63) is 54.7 Å². The zero-order valence-corrected chi connectivity index (χ0v) is 12.2. The Morgan fingerprint density at radius 3 is 2.82 bits per heavy atom. The molecule has 0 spiro atoms. The van der Waals surface area contributed by atoms with Gasteiger partial charge in [-0.3, -0.25) is 9.78 Å². The molecular weight excluding hydrogens is 280 g/mol. The van der Waals surface area contributed by atoms with E-state index in [1.807, 2.05) is 18.2 Å². The molecule has 0 saturated heterocycles. The van der Waals surface area contributed by atoms with E-state index >= 15 is 0 Å². The number of carboxylic acid groups (broad SMARTS) is 1. The summed E-state index contributed by atoms with van der Waals surface area (Å²) in [6, 6.07) is 7.96. The van der Waals surface area contributed by atoms with Gasteiger partial charge in [0.15, 0.2) is 0 Å². The van der Waals surface area contributed by atoms with Crippen molar-refractivity contribution in [3.63, 3.8) is 0 Å². The van der Waals surface area contributed by atoms with E-state index in [0.29, 0.717) is 29.3 Å². The molecule has 0 aliphatic heterocycles. The fourth-order valence-corrected chi connectivity index (χ4v) is 2.25. The normalized spacial score (nSPS) is 11.8. The van der Waals surface area contributed by atoms with Crippen molar-refractivity contribution < 1.29 is 14.7 Å². The van der Waals surface area contributed by atoms with Crippen LogP contribution >= 0.6 is 0 Å². The fourth-order valence-electron chi connectivity index (χ4n) is 2.25. The van der Waals surface area contributed by atoms with Crippen LogP contribution in [0.3, 0.4) is 0 Å². The van der Waals surface area contributed by atoms with Gasteiger partial charge in [0.05, 0.1) is 11.1 Å². The highest BCUT2D eigenvalue weighted by atomic mass is 16.4. The lowest BCUT2D eigenvalue weighted by atomic mass is 10.1. The molecule has 2 aromatic rings. The van der Waals surface area contributed by atoms with Crippen molar-refractivity contribution in [2.24, 2.45) is 0 Å². The minimum Gasteiger partial charge on any atom is -0.480 e. The predicted octanol–water partition coefficient (Wildman–Crippen LogP) is 2.77. The Morgan fingerprint density at radius 2 is 2.09 bits per heavy atom. The lowest BCUT2D eigenvalue weighted by Crippen LogP contribution is -2.40. The monoisotopic (exact) mass is 298 g/mol. The largest absolute Gasteiger partial charge is 0.480 e. The number of benzene rings is 1. The van der Waals surface area contributed by atoms with Gasteiger partial charge in [0.25, 0.3) is 5.91 Å². The summed E-state index contributed by atoms with van der Waals surface area (Å²) in [6.45, 7) is 3.60. The molecular formula is C17H18N2O3. The highest BCUT2D eigenvalue weighted by molar-refractivity contribution is 6.06. The second-order valence-corrected chi connectivity index (χ2v) is 4.96. The van der Waals surface area contributed by atoms with Crippen LogP contribution in [-0.2, 0) is 4.79 Å². The van der Waals surface area contributed by atoms with Crippen molar-refractivity contribution in [2.75, 3.05) is 0 Å². The Bertz CT molecular complexity index is 692. The highest BCUT2D eigenvalue weighted by Crippen LogP contribution is 2.16. The lowest BCUT2D eigenvalue weighted by molar-refractivity contribution is -0.139. The molecule has 0 saturated carbocycles. The topological polar surface area (TPSA) is 79.3 Å². The molecule has 2 N–H and O–H groups in total. The minimum atomic E-state index is -1.03. The number of carbonyl (C=O) groups is 2. The number of nitrogens with zero attached hydrogens (tertiary/aromatic N) is 1. The summed E-state index contributed by atoms with van der Waals surface area (Å²) in [4.78, 5) is 27.8. The molecule has 0 fully saturated rings. The summed E-state index contributed by atoms with van der Waals surface area (Å²) in [5, 5.41) is 12.5. The van der Waals surface area contributed by atoms with E-state index in [9.17, 15) is 14.7 Å². The molecule has 2 rings (SSSR count). The number of carbonyl (C=O) groups excluding carboxylic acids is 1. The van der Waals surface area contributed by atoms with Gasteiger partial charge < -0.3 is 10.4 Å². The maximum absolute atomic E-state index is 12.4. The molecule has 0 unspecified atom stereocenters. The fraction of sp³-hybridized carbons (Fsp3) is 0.235. The van der Waals surface area contributed by atoms with Crippen molar-refractivity contribution in [3.8, 4) is 0 Å². The molecule has 0 aliphatic carbocycles. The summed E-state index contributed by atoms with van der Waals surface area (Å²) in [7, 11) is 0. The number of aliphatic carboxylic acids is 1. The number of carboxylic acids is 1. The van der Waals surface area contributed by atoms with Crippen molar-refractivity contribution in [1.29, 1.82) is 0 Å². The number of allylic oxidation sites excluding steroid dienone is 1. The zero-order valence-electron chi connectivity index (χ0n) is 12.2. The Labute approximate surface area is 128 Å². The molecule has 1 heterocycles. The van der Waals surface area contributed by atoms with Crippen LogP contribution in [0.1, 0.15) is 29.6 Å². The highest BCUT2D eigenvalue weighted by Gasteiger charge is 2.21. The first kappa shape index (κ1) is 15.7. The first-order valence-electron chi connectivity index (χ1n) is 7.12. The molecule has 1 amide bonds. The number of amides is 1. The minimum absolute atomic E-state index is 0.371. The average molecular weight is 298 g/mol. The van der Waals surface area contributed by atoms with Crippen LogP contribution in [0.4, 0.5) is 0 Å². The average Bonchev–Trinajstić information content (AvgIpc) is 2.53. The summed E-state index contributed by atoms with van der Waals surface area (Å²) in [5.74, 6) is -1.43. The van der Waals surface area contributed by atoms with E-state index < -0.39 is 17.9 Å². The third-order valence-corrected chi connectivity index (χ3v) is 3.40. The number of aromatic nitrogens is 1. The number of pyridine rings is 1. The molecule has 22 heavy (non-hydrogen) atoms. The van der Waals surface area contributed by atoms with Crippen LogP contribution in [0.2, 0.25) is 0 Å². The summed E-state index contributed by atoms with van der Waals surface area (Å²) in [6.07, 6.45) is 5.04. The summed E-state index contributed by atoms with van der Waals surface area (Å²) >= 11 is 0. The summed E-state index contributed by atoms with van der Waals surface area (Å²) in [5.41, 5.74) is 1.13. The van der Waals surface area contributed by atoms with E-state index in [0.717, 1.165) is 6.42 Å². The van der Waals surface area contributed by atoms with E-state index in [2.05, 4.69) is 16.9 Å². The van der Waals surface area contributed by atoms with E-state index in [1.165, 1.54) is 0 Å². The predicted molar refractivity (Wildman–Crippen MR) is 84.7 cm³/mol. The van der Waals surface area contributed by atoms with Gasteiger partial charge in [0.2, 0.25) is 0 Å². The van der Waals surface area contributed by atoms with Gasteiger partial charge in [-0.25, -0.2) is 4.79 Å². The molecule has 114 valence electrons. The SMILES string of the molecule is C=CCCC[C@H](NC(=O)c1ccnc2ccccc12)C(=O)O. The van der Waals surface area contributed by atoms with Gasteiger partial charge >= 0.3 is 5.97 Å². The number of para-hydroxylation sites is 1. The molecule has 1 aromatic heterocycles. The Hall–Kier alpha value is -2.69. The smallest absolute Gasteiger partial charge is 0.326 e. The molecule has 1 aromatic carbocycles. The van der Waals surface area contributed by atoms with Crippen molar-refractivity contribution >= 4 is 22.8 Å². The van der Waals surface area contributed by atoms with Crippen LogP contribution in [0.5, 0.6) is 0 Å². The maximum atomic E-state index is 12.4. The van der Waals surface area contributed by atoms with E-state index in [-0.39, 0.29) is 0 Å². The van der Waals surface area contributed by atoms with Gasteiger partial charge in [0.1, 0.15) is 6.04 Å². The van der Waals surface area contributed by atoms with Gasteiger partial charge in [-0.2, -0.15) is 0 Å². The van der Waals surface area contributed by atoms with Gasteiger partial charge in [0, 0.05) is 11.6 Å². The number of nitrogens with one attached hydrogen (secondary N) is 1. The number of fused-ring (bicyclic) bond motifs is 1. The van der Waals surface area contributed by atoms with Crippen molar-refractivity contribution in [2.45, 2.75) is 25.3 Å². The standard InChI is InChI=1S/C17H18N2O3/c1-2-3-4-9-15(17(21)22)19-16(20)13-10-11-18-14-8-6-5-7-12(13)14/h2,5-8,10-11,15H,1,3-4,9H2,(H,19,20)(H,21,22)/t15-/m0/s1. The first-order chi connectivity index (χ1) is 10.6. The van der Waals surface area contributed by atoms with Gasteiger partial charge in [-0.05, 0) is 31.4 Å². The molecule has 1 atom stereocenters. The third kappa shape index (κ3) is 3.69. The van der Waals surface area contributed by atoms with Crippen LogP contribution in [0, 0.1) is 0 Å². The molecule has 0 bridgehead atoms. The molecule has 0 radical (unpaired) electrons. The van der Waals surface area contributed by atoms with Crippen molar-refractivity contribution in [1.82, 2.24) is 10.3 Å². The van der Waals surface area contributed by atoms with Gasteiger partial charge in [-0.15, -0.1) is 6.58 Å². The quantitative estimate of drug-likeness (QED) is 0.608. The Kier molecular flexibility index (Phi) is 5.25. The Morgan fingerprint density at radius 1 is 1.32 bits per heavy atom. The van der Waals surface area contributed by atoms with Crippen LogP contribution < -0.4 is 5.32 Å². The van der Waals surface area contributed by atoms with Crippen LogP contribution in [0.15, 0.2) is 49.2 Å². The third-order valence-electron chi connectivity index (χ3n) is 3.40. The van der Waals surface area contributed by atoms with Gasteiger partial charge in [-0.1, -0.05) is 24.3 Å². The van der Waals surface area contributed by atoms with Crippen LogP contribution in [-0.4, -0.2) is 28.0 Å². The second kappa shape index (κ2) is 7.36. The zero-order chi connectivity index (χ0) is 15.9. The maximum Gasteiger partial charge on any atom is 0.326 e. The van der Waals surface area contributed by atoms with E-state index in [1.54, 1.807) is 24.4 Å². The number of hydrogen-bond donors (Lipinski definition) is 2. The summed E-state index contributed by atoms with van der Waals surface area (Å²) < 4.78 is 0. The molecule has 5 nitrogen and oxygen atoms in total. The second-order valence-electron chi connectivity index (χ2n) is 4.96. The number of hydrogen-bond acceptors (Lipinski definition) is 3. The molecule has 0 aliphatic rings. The number of rotatable bonds is 7.